The van der Waals surface area contributed by atoms with Crippen molar-refractivity contribution >= 4 is 5.97 Å². The van der Waals surface area contributed by atoms with Crippen LogP contribution in [0, 0.1) is 0 Å². The summed E-state index contributed by atoms with van der Waals surface area (Å²) in [6, 6.07) is 5.26. The van der Waals surface area contributed by atoms with Crippen LogP contribution in [0.3, 0.4) is 0 Å². The zero-order chi connectivity index (χ0) is 15.3. The first-order valence-corrected chi connectivity index (χ1v) is 6.66. The summed E-state index contributed by atoms with van der Waals surface area (Å²) < 4.78 is 5.34. The third-order valence-corrected chi connectivity index (χ3v) is 3.02. The fraction of sp³-hybridized carbons (Fsp3) is 0.533. The summed E-state index contributed by atoms with van der Waals surface area (Å²) in [4.78, 5) is 12.8. The number of carboxylic acid groups (broad SMARTS) is 1. The molecule has 0 amide bonds. The summed E-state index contributed by atoms with van der Waals surface area (Å²) in [5.74, 6) is -0.386. The van der Waals surface area contributed by atoms with Crippen LogP contribution >= 0.6 is 0 Å². The molecule has 0 saturated carbocycles. The number of para-hydroxylation sites is 1. The van der Waals surface area contributed by atoms with Crippen LogP contribution in [0.25, 0.3) is 0 Å². The maximum Gasteiger partial charge on any atom is 0.317 e. The molecular weight excluding hydrogens is 258 g/mol. The maximum atomic E-state index is 11.0. The number of benzene rings is 1. The Morgan fingerprint density at radius 1 is 1.35 bits per heavy atom. The van der Waals surface area contributed by atoms with Gasteiger partial charge in [0.2, 0.25) is 0 Å². The Morgan fingerprint density at radius 2 is 2.00 bits per heavy atom. The lowest BCUT2D eigenvalue weighted by Gasteiger charge is -2.34. The van der Waals surface area contributed by atoms with Crippen molar-refractivity contribution in [3.63, 3.8) is 0 Å². The lowest BCUT2D eigenvalue weighted by molar-refractivity contribution is -0.139. The number of ether oxygens (including phenoxy) is 1. The predicted octanol–water partition coefficient (Wildman–Crippen LogP) is 2.48. The van der Waals surface area contributed by atoms with E-state index in [0.717, 1.165) is 0 Å². The van der Waals surface area contributed by atoms with Gasteiger partial charge in [0.05, 0.1) is 13.2 Å². The third-order valence-electron chi connectivity index (χ3n) is 3.02. The van der Waals surface area contributed by atoms with E-state index < -0.39 is 5.97 Å². The highest BCUT2D eigenvalue weighted by molar-refractivity contribution is 5.69. The van der Waals surface area contributed by atoms with Gasteiger partial charge in [0.15, 0.2) is 11.5 Å². The first-order valence-electron chi connectivity index (χ1n) is 6.66. The van der Waals surface area contributed by atoms with E-state index in [1.165, 1.54) is 0 Å². The van der Waals surface area contributed by atoms with E-state index in [4.69, 9.17) is 9.84 Å². The van der Waals surface area contributed by atoms with E-state index in [1.54, 1.807) is 23.1 Å². The molecule has 20 heavy (non-hydrogen) atoms. The molecular formula is C15H23NO4. The molecule has 1 aromatic rings. The topological polar surface area (TPSA) is 70.0 Å². The monoisotopic (exact) mass is 281 g/mol. The van der Waals surface area contributed by atoms with Crippen molar-refractivity contribution < 1.29 is 19.7 Å². The number of hydrogen-bond acceptors (Lipinski definition) is 4. The molecule has 5 nitrogen and oxygen atoms in total. The predicted molar refractivity (Wildman–Crippen MR) is 77.1 cm³/mol. The van der Waals surface area contributed by atoms with E-state index in [9.17, 15) is 9.90 Å². The summed E-state index contributed by atoms with van der Waals surface area (Å²) in [5.41, 5.74) is 0.346. The molecule has 0 aliphatic carbocycles. The molecule has 0 saturated heterocycles. The number of carboxylic acids is 1. The quantitative estimate of drug-likeness (QED) is 0.838. The lowest BCUT2D eigenvalue weighted by Crippen LogP contribution is -2.43. The molecule has 0 fully saturated rings. The van der Waals surface area contributed by atoms with Gasteiger partial charge in [-0.15, -0.1) is 0 Å². The first kappa shape index (κ1) is 16.3. The Balaban J connectivity index is 2.99. The van der Waals surface area contributed by atoms with E-state index in [-0.39, 0.29) is 17.8 Å². The summed E-state index contributed by atoms with van der Waals surface area (Å²) in [6.07, 6.45) is 0. The van der Waals surface area contributed by atoms with Gasteiger partial charge in [0.1, 0.15) is 0 Å². The van der Waals surface area contributed by atoms with Crippen LogP contribution < -0.4 is 4.74 Å². The molecule has 0 aliphatic heterocycles. The van der Waals surface area contributed by atoms with Crippen molar-refractivity contribution in [3.8, 4) is 11.5 Å². The SMILES string of the molecule is CCOc1cccc(CN(CC(=O)O)C(C)(C)C)c1O. The Morgan fingerprint density at radius 3 is 2.50 bits per heavy atom. The van der Waals surface area contributed by atoms with Gasteiger partial charge in [0.25, 0.3) is 0 Å². The van der Waals surface area contributed by atoms with Crippen molar-refractivity contribution in [2.45, 2.75) is 39.8 Å². The molecule has 1 aromatic carbocycles. The minimum Gasteiger partial charge on any atom is -0.504 e. The minimum atomic E-state index is -0.889. The van der Waals surface area contributed by atoms with E-state index in [0.29, 0.717) is 24.5 Å². The number of hydrogen-bond donors (Lipinski definition) is 2. The van der Waals surface area contributed by atoms with Crippen molar-refractivity contribution in [1.29, 1.82) is 0 Å². The molecule has 0 radical (unpaired) electrons. The maximum absolute atomic E-state index is 11.0. The Labute approximate surface area is 119 Å². The smallest absolute Gasteiger partial charge is 0.317 e. The number of phenolic OH excluding ortho intramolecular Hbond substituents is 1. The van der Waals surface area contributed by atoms with Crippen LogP contribution in [0.5, 0.6) is 11.5 Å². The highest BCUT2D eigenvalue weighted by Gasteiger charge is 2.25. The normalized spacial score (nSPS) is 11.7. The largest absolute Gasteiger partial charge is 0.504 e. The van der Waals surface area contributed by atoms with Gasteiger partial charge in [-0.2, -0.15) is 0 Å². The molecule has 0 unspecified atom stereocenters. The Bertz CT molecular complexity index is 465. The van der Waals surface area contributed by atoms with Gasteiger partial charge in [-0.3, -0.25) is 9.69 Å². The number of nitrogens with zero attached hydrogens (tertiary/aromatic N) is 1. The second kappa shape index (κ2) is 6.61. The highest BCUT2D eigenvalue weighted by Crippen LogP contribution is 2.31. The van der Waals surface area contributed by atoms with Gasteiger partial charge < -0.3 is 14.9 Å². The standard InChI is InChI=1S/C15H23NO4/c1-5-20-12-8-6-7-11(14(12)19)9-16(10-13(17)18)15(2,3)4/h6-8,19H,5,9-10H2,1-4H3,(H,17,18). The van der Waals surface area contributed by atoms with Gasteiger partial charge in [-0.05, 0) is 33.8 Å². The zero-order valence-electron chi connectivity index (χ0n) is 12.5. The molecule has 0 spiro atoms. The van der Waals surface area contributed by atoms with E-state index in [1.807, 2.05) is 27.7 Å². The second-order valence-corrected chi connectivity index (χ2v) is 5.62. The second-order valence-electron chi connectivity index (χ2n) is 5.62. The summed E-state index contributed by atoms with van der Waals surface area (Å²) >= 11 is 0. The molecule has 0 heterocycles. The summed E-state index contributed by atoms with van der Waals surface area (Å²) in [7, 11) is 0. The fourth-order valence-corrected chi connectivity index (χ4v) is 1.87. The Hall–Kier alpha value is -1.75. The number of carbonyl (C=O) groups is 1. The summed E-state index contributed by atoms with van der Waals surface area (Å²) in [5, 5.41) is 19.2. The third kappa shape index (κ3) is 4.42. The van der Waals surface area contributed by atoms with Crippen LogP contribution in [0.2, 0.25) is 0 Å². The molecule has 0 aliphatic rings. The average Bonchev–Trinajstić information content (AvgIpc) is 2.31. The number of rotatable bonds is 6. The molecule has 2 N–H and O–H groups in total. The van der Waals surface area contributed by atoms with Crippen molar-refractivity contribution in [2.75, 3.05) is 13.2 Å². The van der Waals surface area contributed by atoms with Crippen LogP contribution in [0.15, 0.2) is 18.2 Å². The van der Waals surface area contributed by atoms with Gasteiger partial charge in [0, 0.05) is 17.6 Å². The van der Waals surface area contributed by atoms with Gasteiger partial charge in [-0.1, -0.05) is 12.1 Å². The molecule has 0 bridgehead atoms. The minimum absolute atomic E-state index is 0.0778. The molecule has 112 valence electrons. The van der Waals surface area contributed by atoms with E-state index in [2.05, 4.69) is 0 Å². The molecule has 5 heteroatoms. The van der Waals surface area contributed by atoms with Crippen LogP contribution in [-0.2, 0) is 11.3 Å². The molecule has 1 rings (SSSR count). The van der Waals surface area contributed by atoms with Crippen LogP contribution in [0.1, 0.15) is 33.3 Å². The number of aromatic hydroxyl groups is 1. The van der Waals surface area contributed by atoms with Gasteiger partial charge in [-0.25, -0.2) is 0 Å². The van der Waals surface area contributed by atoms with Crippen molar-refractivity contribution in [3.05, 3.63) is 23.8 Å². The van der Waals surface area contributed by atoms with Gasteiger partial charge >= 0.3 is 5.97 Å². The number of aliphatic carboxylic acids is 1. The van der Waals surface area contributed by atoms with Crippen LogP contribution in [0.4, 0.5) is 0 Å². The van der Waals surface area contributed by atoms with E-state index >= 15 is 0 Å². The lowest BCUT2D eigenvalue weighted by atomic mass is 10.0. The Kier molecular flexibility index (Phi) is 5.39. The van der Waals surface area contributed by atoms with Crippen LogP contribution in [-0.4, -0.2) is 39.8 Å². The molecule has 0 aromatic heterocycles. The zero-order valence-corrected chi connectivity index (χ0v) is 12.5. The fourth-order valence-electron chi connectivity index (χ4n) is 1.87. The first-order chi connectivity index (χ1) is 9.25. The average molecular weight is 281 g/mol. The summed E-state index contributed by atoms with van der Waals surface area (Å²) in [6.45, 7) is 8.41. The number of phenols is 1. The molecule has 0 atom stereocenters. The van der Waals surface area contributed by atoms with Crippen molar-refractivity contribution in [2.24, 2.45) is 0 Å². The van der Waals surface area contributed by atoms with Crippen molar-refractivity contribution in [1.82, 2.24) is 4.90 Å². The highest BCUT2D eigenvalue weighted by atomic mass is 16.5.